The van der Waals surface area contributed by atoms with Crippen molar-refractivity contribution in [3.63, 3.8) is 0 Å². The summed E-state index contributed by atoms with van der Waals surface area (Å²) in [5.74, 6) is -1.25. The van der Waals surface area contributed by atoms with E-state index in [9.17, 15) is 19.2 Å². The zero-order valence-corrected chi connectivity index (χ0v) is 24.5. The largest absolute Gasteiger partial charge is 0.462 e. The van der Waals surface area contributed by atoms with Gasteiger partial charge in [0.1, 0.15) is 20.8 Å². The molecule has 3 rings (SSSR count). The second-order valence-electron chi connectivity index (χ2n) is 9.97. The fourth-order valence-electron chi connectivity index (χ4n) is 3.81. The average Bonchev–Trinajstić information content (AvgIpc) is 3.11. The highest BCUT2D eigenvalue weighted by atomic mass is 127. The van der Waals surface area contributed by atoms with Gasteiger partial charge in [0.05, 0.1) is 12.0 Å². The SMILES string of the molecule is CCOC(=O)c1sc2c(c1C)c(=O)n(C(C)(C)C(=O)OC(C)(C)C)c(=O)n2CCc1ccc(I)cc1. The molecule has 0 aliphatic carbocycles. The molecule has 0 spiro atoms. The molecule has 0 saturated heterocycles. The molecular formula is C26H31IN2O6S. The summed E-state index contributed by atoms with van der Waals surface area (Å²) in [5.41, 5.74) is -2.22. The van der Waals surface area contributed by atoms with Crippen molar-refractivity contribution in [2.45, 2.75) is 72.6 Å². The number of hydrogen-bond donors (Lipinski definition) is 0. The molecule has 8 nitrogen and oxygen atoms in total. The lowest BCUT2D eigenvalue weighted by atomic mass is 10.0. The minimum absolute atomic E-state index is 0.183. The van der Waals surface area contributed by atoms with Crippen molar-refractivity contribution in [1.29, 1.82) is 0 Å². The molecule has 10 heteroatoms. The Bertz CT molecular complexity index is 1420. The third-order valence-electron chi connectivity index (χ3n) is 5.67. The number of carbonyl (C=O) groups is 2. The normalized spacial score (nSPS) is 12.1. The second kappa shape index (κ2) is 10.5. The first-order valence-corrected chi connectivity index (χ1v) is 13.5. The molecule has 0 atom stereocenters. The first-order chi connectivity index (χ1) is 16.7. The number of aryl methyl sites for hydroxylation is 3. The predicted molar refractivity (Wildman–Crippen MR) is 149 cm³/mol. The highest BCUT2D eigenvalue weighted by Crippen LogP contribution is 2.30. The summed E-state index contributed by atoms with van der Waals surface area (Å²) in [6.07, 6.45) is 0.517. The average molecular weight is 627 g/mol. The Labute approximate surface area is 227 Å². The Kier molecular flexibility index (Phi) is 8.19. The van der Waals surface area contributed by atoms with Crippen molar-refractivity contribution in [3.05, 3.63) is 64.7 Å². The van der Waals surface area contributed by atoms with Gasteiger partial charge in [-0.25, -0.2) is 19.0 Å². The maximum atomic E-state index is 13.8. The zero-order valence-electron chi connectivity index (χ0n) is 21.6. The van der Waals surface area contributed by atoms with Crippen LogP contribution in [0.25, 0.3) is 10.2 Å². The van der Waals surface area contributed by atoms with E-state index < -0.39 is 34.3 Å². The molecule has 3 aromatic rings. The van der Waals surface area contributed by atoms with Crippen LogP contribution in [0.4, 0.5) is 0 Å². The van der Waals surface area contributed by atoms with Crippen LogP contribution >= 0.6 is 33.9 Å². The van der Waals surface area contributed by atoms with Crippen LogP contribution in [-0.4, -0.2) is 33.3 Å². The fourth-order valence-corrected chi connectivity index (χ4v) is 5.39. The van der Waals surface area contributed by atoms with Crippen molar-refractivity contribution in [3.8, 4) is 0 Å². The van der Waals surface area contributed by atoms with E-state index in [2.05, 4.69) is 22.6 Å². The van der Waals surface area contributed by atoms with E-state index in [0.717, 1.165) is 25.0 Å². The van der Waals surface area contributed by atoms with Crippen LogP contribution in [0.1, 0.15) is 62.3 Å². The Morgan fingerprint density at radius 1 is 1.06 bits per heavy atom. The molecule has 0 saturated carbocycles. The zero-order chi connectivity index (χ0) is 27.0. The Morgan fingerprint density at radius 3 is 2.22 bits per heavy atom. The van der Waals surface area contributed by atoms with Crippen molar-refractivity contribution in [2.75, 3.05) is 6.61 Å². The van der Waals surface area contributed by atoms with E-state index in [1.165, 1.54) is 18.4 Å². The van der Waals surface area contributed by atoms with Crippen LogP contribution in [0, 0.1) is 10.5 Å². The van der Waals surface area contributed by atoms with Gasteiger partial charge in [-0.2, -0.15) is 0 Å². The molecule has 0 bridgehead atoms. The molecule has 0 fully saturated rings. The van der Waals surface area contributed by atoms with Gasteiger partial charge in [0.2, 0.25) is 0 Å². The maximum absolute atomic E-state index is 13.8. The monoisotopic (exact) mass is 626 g/mol. The molecule has 0 N–H and O–H groups in total. The van der Waals surface area contributed by atoms with Crippen LogP contribution in [0.3, 0.4) is 0 Å². The third-order valence-corrected chi connectivity index (χ3v) is 7.68. The molecule has 0 unspecified atom stereocenters. The van der Waals surface area contributed by atoms with Crippen LogP contribution < -0.4 is 11.2 Å². The maximum Gasteiger partial charge on any atom is 0.348 e. The molecule has 0 aliphatic rings. The number of carbonyl (C=O) groups excluding carboxylic acids is 2. The quantitative estimate of drug-likeness (QED) is 0.280. The number of benzene rings is 1. The van der Waals surface area contributed by atoms with Gasteiger partial charge in [-0.15, -0.1) is 11.3 Å². The lowest BCUT2D eigenvalue weighted by molar-refractivity contribution is -0.164. The van der Waals surface area contributed by atoms with E-state index in [0.29, 0.717) is 16.8 Å². The Morgan fingerprint density at radius 2 is 1.67 bits per heavy atom. The Balaban J connectivity index is 2.27. The molecule has 2 heterocycles. The van der Waals surface area contributed by atoms with Crippen LogP contribution in [0.5, 0.6) is 0 Å². The highest BCUT2D eigenvalue weighted by molar-refractivity contribution is 14.1. The van der Waals surface area contributed by atoms with Crippen LogP contribution in [0.2, 0.25) is 0 Å². The predicted octanol–water partition coefficient (Wildman–Crippen LogP) is 4.63. The summed E-state index contributed by atoms with van der Waals surface area (Å²) < 4.78 is 14.2. The van der Waals surface area contributed by atoms with Gasteiger partial charge in [-0.3, -0.25) is 9.36 Å². The van der Waals surface area contributed by atoms with Crippen molar-refractivity contribution < 1.29 is 19.1 Å². The molecule has 0 amide bonds. The summed E-state index contributed by atoms with van der Waals surface area (Å²) in [7, 11) is 0. The van der Waals surface area contributed by atoms with Gasteiger partial charge in [0.25, 0.3) is 5.56 Å². The third kappa shape index (κ3) is 5.59. The number of nitrogens with zero attached hydrogens (tertiary/aromatic N) is 2. The lowest BCUT2D eigenvalue weighted by Gasteiger charge is -2.30. The van der Waals surface area contributed by atoms with E-state index in [1.54, 1.807) is 34.6 Å². The highest BCUT2D eigenvalue weighted by Gasteiger charge is 2.39. The number of rotatable bonds is 7. The van der Waals surface area contributed by atoms with Crippen LogP contribution in [0.15, 0.2) is 33.9 Å². The minimum atomic E-state index is -1.58. The van der Waals surface area contributed by atoms with E-state index >= 15 is 0 Å². The van der Waals surface area contributed by atoms with Gasteiger partial charge >= 0.3 is 17.6 Å². The van der Waals surface area contributed by atoms with Gasteiger partial charge in [-0.05, 0) is 101 Å². The lowest BCUT2D eigenvalue weighted by Crippen LogP contribution is -2.54. The topological polar surface area (TPSA) is 96.6 Å². The van der Waals surface area contributed by atoms with E-state index in [1.807, 2.05) is 24.3 Å². The molecule has 1 aromatic carbocycles. The number of halogens is 1. The molecule has 36 heavy (non-hydrogen) atoms. The molecule has 0 aliphatic heterocycles. The molecule has 194 valence electrons. The van der Waals surface area contributed by atoms with Crippen molar-refractivity contribution >= 4 is 56.1 Å². The Hall–Kier alpha value is -2.47. The van der Waals surface area contributed by atoms with Crippen molar-refractivity contribution in [1.82, 2.24) is 9.13 Å². The molecule has 2 aromatic heterocycles. The number of hydrogen-bond acceptors (Lipinski definition) is 7. The summed E-state index contributed by atoms with van der Waals surface area (Å²) in [6, 6.07) is 7.92. The standard InChI is InChI=1S/C26H31IN2O6S/c1-8-34-22(31)19-15(2)18-20(30)29(26(6,7)23(32)35-25(3,4)5)24(33)28(21(18)36-19)14-13-16-9-11-17(27)12-10-16/h9-12H,8,13-14H2,1-7H3. The van der Waals surface area contributed by atoms with Crippen LogP contribution in [-0.2, 0) is 32.8 Å². The number of esters is 2. The van der Waals surface area contributed by atoms with Gasteiger partial charge in [0.15, 0.2) is 0 Å². The smallest absolute Gasteiger partial charge is 0.348 e. The second-order valence-corrected chi connectivity index (χ2v) is 12.2. The summed E-state index contributed by atoms with van der Waals surface area (Å²) >= 11 is 3.28. The fraction of sp³-hybridized carbons (Fsp3) is 0.462. The van der Waals surface area contributed by atoms with Gasteiger partial charge in [0, 0.05) is 10.1 Å². The first kappa shape index (κ1) is 28.1. The summed E-state index contributed by atoms with van der Waals surface area (Å²) in [5, 5.41) is 0.224. The number of thiophene rings is 1. The minimum Gasteiger partial charge on any atom is -0.462 e. The molecular weight excluding hydrogens is 595 g/mol. The van der Waals surface area contributed by atoms with Gasteiger partial charge in [-0.1, -0.05) is 12.1 Å². The number of aromatic nitrogens is 2. The first-order valence-electron chi connectivity index (χ1n) is 11.6. The van der Waals surface area contributed by atoms with E-state index in [4.69, 9.17) is 9.47 Å². The summed E-state index contributed by atoms with van der Waals surface area (Å²) in [6.45, 7) is 12.0. The number of ether oxygens (including phenoxy) is 2. The number of fused-ring (bicyclic) bond motifs is 1. The molecule has 0 radical (unpaired) electrons. The van der Waals surface area contributed by atoms with Gasteiger partial charge < -0.3 is 9.47 Å². The van der Waals surface area contributed by atoms with E-state index in [-0.39, 0.29) is 23.4 Å². The van der Waals surface area contributed by atoms with Crippen molar-refractivity contribution in [2.24, 2.45) is 0 Å². The summed E-state index contributed by atoms with van der Waals surface area (Å²) in [4.78, 5) is 53.9.